The number of ether oxygens (including phenoxy) is 2. The quantitative estimate of drug-likeness (QED) is 0.806. The third-order valence-corrected chi connectivity index (χ3v) is 2.13. The molecule has 3 nitrogen and oxygen atoms in total. The van der Waals surface area contributed by atoms with Crippen LogP contribution in [0.4, 0.5) is 0 Å². The Morgan fingerprint density at radius 2 is 2.06 bits per heavy atom. The van der Waals surface area contributed by atoms with Crippen LogP contribution in [0.1, 0.15) is 25.8 Å². The minimum absolute atomic E-state index is 0.0273. The van der Waals surface area contributed by atoms with E-state index in [9.17, 15) is 0 Å². The summed E-state index contributed by atoms with van der Waals surface area (Å²) in [7, 11) is 0. The van der Waals surface area contributed by atoms with Crippen molar-refractivity contribution in [1.29, 1.82) is 0 Å². The van der Waals surface area contributed by atoms with E-state index >= 15 is 0 Å². The molecule has 1 aromatic carbocycles. The lowest BCUT2D eigenvalue weighted by atomic mass is 10.2. The molecule has 0 aliphatic carbocycles. The normalized spacial score (nSPS) is 12.2. The molecule has 0 aliphatic heterocycles. The molecule has 0 fully saturated rings. The van der Waals surface area contributed by atoms with Gasteiger partial charge in [-0.05, 0) is 31.9 Å². The number of hydrogen-bond acceptors (Lipinski definition) is 3. The lowest BCUT2D eigenvalue weighted by molar-refractivity contribution is 0.257. The summed E-state index contributed by atoms with van der Waals surface area (Å²) < 4.78 is 11.3. The number of hydrogen-bond donors (Lipinski definition) is 1. The maximum Gasteiger partial charge on any atom is 0.164 e. The molecule has 1 unspecified atom stereocenters. The van der Waals surface area contributed by atoms with Crippen molar-refractivity contribution in [3.8, 4) is 11.5 Å². The fourth-order valence-corrected chi connectivity index (χ4v) is 1.35. The van der Waals surface area contributed by atoms with E-state index in [1.165, 1.54) is 0 Å². The van der Waals surface area contributed by atoms with Crippen molar-refractivity contribution in [3.63, 3.8) is 0 Å². The Morgan fingerprint density at radius 3 is 2.69 bits per heavy atom. The van der Waals surface area contributed by atoms with Crippen LogP contribution in [0.2, 0.25) is 0 Å². The summed E-state index contributed by atoms with van der Waals surface area (Å²) in [6.45, 7) is 7.23. The van der Waals surface area contributed by atoms with Gasteiger partial charge in [-0.3, -0.25) is 0 Å². The van der Waals surface area contributed by atoms with Gasteiger partial charge in [-0.2, -0.15) is 0 Å². The maximum atomic E-state index is 5.68. The Hall–Kier alpha value is -1.22. The second-order valence-corrected chi connectivity index (χ2v) is 4.04. The molecule has 0 amide bonds. The Morgan fingerprint density at radius 1 is 1.31 bits per heavy atom. The summed E-state index contributed by atoms with van der Waals surface area (Å²) in [4.78, 5) is 0. The van der Waals surface area contributed by atoms with Gasteiger partial charge >= 0.3 is 0 Å². The third kappa shape index (κ3) is 3.74. The van der Waals surface area contributed by atoms with Gasteiger partial charge in [0, 0.05) is 6.04 Å². The largest absolute Gasteiger partial charge is 0.489 e. The number of aryl methyl sites for hydroxylation is 1. The Balaban J connectivity index is 2.76. The standard InChI is InChI=1S/C13H21NO2/c1-4-8-15-13-10(2)6-5-7-12(13)16-9-11(3)14/h5-7,11H,4,8-9,14H2,1-3H3. The van der Waals surface area contributed by atoms with Crippen LogP contribution in [0.3, 0.4) is 0 Å². The van der Waals surface area contributed by atoms with Gasteiger partial charge in [0.15, 0.2) is 11.5 Å². The highest BCUT2D eigenvalue weighted by Crippen LogP contribution is 2.30. The van der Waals surface area contributed by atoms with E-state index in [0.29, 0.717) is 13.2 Å². The molecule has 0 saturated heterocycles. The van der Waals surface area contributed by atoms with Gasteiger partial charge in [0.25, 0.3) is 0 Å². The van der Waals surface area contributed by atoms with Crippen molar-refractivity contribution in [2.24, 2.45) is 5.73 Å². The zero-order chi connectivity index (χ0) is 12.0. The van der Waals surface area contributed by atoms with Crippen LogP contribution in [0.5, 0.6) is 11.5 Å². The zero-order valence-corrected chi connectivity index (χ0v) is 10.3. The molecule has 0 radical (unpaired) electrons. The predicted molar refractivity (Wildman–Crippen MR) is 66.1 cm³/mol. The molecule has 1 aromatic rings. The van der Waals surface area contributed by atoms with Crippen molar-refractivity contribution in [2.75, 3.05) is 13.2 Å². The molecule has 3 heteroatoms. The third-order valence-electron chi connectivity index (χ3n) is 2.13. The van der Waals surface area contributed by atoms with Crippen LogP contribution in [-0.4, -0.2) is 19.3 Å². The summed E-state index contributed by atoms with van der Waals surface area (Å²) in [5.74, 6) is 1.62. The van der Waals surface area contributed by atoms with E-state index in [-0.39, 0.29) is 6.04 Å². The van der Waals surface area contributed by atoms with Gasteiger partial charge in [0.2, 0.25) is 0 Å². The summed E-state index contributed by atoms with van der Waals surface area (Å²) in [5, 5.41) is 0. The van der Waals surface area contributed by atoms with E-state index in [2.05, 4.69) is 6.92 Å². The molecule has 2 N–H and O–H groups in total. The lowest BCUT2D eigenvalue weighted by Gasteiger charge is -2.15. The first kappa shape index (κ1) is 12.8. The highest BCUT2D eigenvalue weighted by atomic mass is 16.5. The monoisotopic (exact) mass is 223 g/mol. The van der Waals surface area contributed by atoms with E-state index in [4.69, 9.17) is 15.2 Å². The summed E-state index contributed by atoms with van der Waals surface area (Å²) >= 11 is 0. The highest BCUT2D eigenvalue weighted by Gasteiger charge is 2.08. The molecule has 1 rings (SSSR count). The molecular weight excluding hydrogens is 202 g/mol. The molecule has 16 heavy (non-hydrogen) atoms. The second-order valence-electron chi connectivity index (χ2n) is 4.04. The number of benzene rings is 1. The van der Waals surface area contributed by atoms with Crippen LogP contribution in [0.15, 0.2) is 18.2 Å². The van der Waals surface area contributed by atoms with Crippen LogP contribution >= 0.6 is 0 Å². The first-order chi connectivity index (χ1) is 7.65. The van der Waals surface area contributed by atoms with E-state index in [0.717, 1.165) is 23.5 Å². The van der Waals surface area contributed by atoms with Crippen LogP contribution in [0, 0.1) is 6.92 Å². The summed E-state index contributed by atoms with van der Waals surface area (Å²) in [6, 6.07) is 5.92. The minimum Gasteiger partial charge on any atom is -0.489 e. The minimum atomic E-state index is 0.0273. The molecule has 0 bridgehead atoms. The predicted octanol–water partition coefficient (Wildman–Crippen LogP) is 2.51. The molecule has 0 aromatic heterocycles. The van der Waals surface area contributed by atoms with Crippen LogP contribution in [-0.2, 0) is 0 Å². The molecule has 0 heterocycles. The first-order valence-corrected chi connectivity index (χ1v) is 5.76. The van der Waals surface area contributed by atoms with Crippen molar-refractivity contribution in [1.82, 2.24) is 0 Å². The first-order valence-electron chi connectivity index (χ1n) is 5.76. The van der Waals surface area contributed by atoms with Crippen molar-refractivity contribution < 1.29 is 9.47 Å². The van der Waals surface area contributed by atoms with Crippen LogP contribution < -0.4 is 15.2 Å². The second kappa shape index (κ2) is 6.38. The summed E-state index contributed by atoms with van der Waals surface area (Å²) in [6.07, 6.45) is 0.987. The Bertz CT molecular complexity index is 324. The SMILES string of the molecule is CCCOc1c(C)cccc1OCC(C)N. The fraction of sp³-hybridized carbons (Fsp3) is 0.538. The van der Waals surface area contributed by atoms with Gasteiger partial charge in [0.05, 0.1) is 6.61 Å². The molecule has 0 saturated carbocycles. The Kier molecular flexibility index (Phi) is 5.12. The molecule has 0 spiro atoms. The topological polar surface area (TPSA) is 44.5 Å². The van der Waals surface area contributed by atoms with Gasteiger partial charge in [-0.1, -0.05) is 19.1 Å². The average Bonchev–Trinajstić information content (AvgIpc) is 2.25. The molecule has 0 aliphatic rings. The van der Waals surface area contributed by atoms with Gasteiger partial charge in [-0.15, -0.1) is 0 Å². The van der Waals surface area contributed by atoms with E-state index < -0.39 is 0 Å². The van der Waals surface area contributed by atoms with Crippen molar-refractivity contribution in [3.05, 3.63) is 23.8 Å². The number of rotatable bonds is 6. The van der Waals surface area contributed by atoms with Crippen molar-refractivity contribution in [2.45, 2.75) is 33.2 Å². The molecule has 1 atom stereocenters. The van der Waals surface area contributed by atoms with E-state index in [1.807, 2.05) is 32.0 Å². The van der Waals surface area contributed by atoms with Gasteiger partial charge < -0.3 is 15.2 Å². The highest BCUT2D eigenvalue weighted by molar-refractivity contribution is 5.45. The molecular formula is C13H21NO2. The van der Waals surface area contributed by atoms with Crippen molar-refractivity contribution >= 4 is 0 Å². The number of nitrogens with two attached hydrogens (primary N) is 1. The average molecular weight is 223 g/mol. The lowest BCUT2D eigenvalue weighted by Crippen LogP contribution is -2.23. The molecule has 90 valence electrons. The smallest absolute Gasteiger partial charge is 0.164 e. The fourth-order valence-electron chi connectivity index (χ4n) is 1.35. The zero-order valence-electron chi connectivity index (χ0n) is 10.3. The number of para-hydroxylation sites is 1. The van der Waals surface area contributed by atoms with Gasteiger partial charge in [-0.25, -0.2) is 0 Å². The van der Waals surface area contributed by atoms with Gasteiger partial charge in [0.1, 0.15) is 6.61 Å². The maximum absolute atomic E-state index is 5.68. The summed E-state index contributed by atoms with van der Waals surface area (Å²) in [5.41, 5.74) is 6.76. The van der Waals surface area contributed by atoms with E-state index in [1.54, 1.807) is 0 Å². The van der Waals surface area contributed by atoms with Crippen LogP contribution in [0.25, 0.3) is 0 Å². The Labute approximate surface area is 97.6 Å².